The van der Waals surface area contributed by atoms with Crippen LogP contribution in [0.1, 0.15) is 72.6 Å². The Bertz CT molecular complexity index is 664. The molecule has 2 aliphatic heterocycles. The second-order valence-electron chi connectivity index (χ2n) is 10.4. The molecule has 0 unspecified atom stereocenters. The van der Waals surface area contributed by atoms with Gasteiger partial charge in [0.15, 0.2) is 5.96 Å². The molecule has 0 aromatic rings. The average Bonchev–Trinajstić information content (AvgIpc) is 3.39. The molecule has 33 heavy (non-hydrogen) atoms. The molecule has 0 bridgehead atoms. The van der Waals surface area contributed by atoms with E-state index in [1.807, 2.05) is 30.6 Å². The first-order valence-corrected chi connectivity index (χ1v) is 12.6. The maximum absolute atomic E-state index is 12.9. The summed E-state index contributed by atoms with van der Waals surface area (Å²) in [6, 6.07) is 0.210. The summed E-state index contributed by atoms with van der Waals surface area (Å²) in [6.07, 6.45) is 6.77. The van der Waals surface area contributed by atoms with Crippen LogP contribution < -0.4 is 5.32 Å². The van der Waals surface area contributed by atoms with Crippen molar-refractivity contribution >= 4 is 41.9 Å². The number of likely N-dealkylation sites (tertiary alicyclic amines) is 2. The van der Waals surface area contributed by atoms with E-state index >= 15 is 0 Å². The summed E-state index contributed by atoms with van der Waals surface area (Å²) in [7, 11) is 0. The van der Waals surface area contributed by atoms with Gasteiger partial charge in [-0.25, -0.2) is 4.79 Å². The fourth-order valence-electron chi connectivity index (χ4n) is 4.47. The minimum atomic E-state index is -0.475. The Morgan fingerprint density at radius 1 is 1.03 bits per heavy atom. The van der Waals surface area contributed by atoms with Gasteiger partial charge in [0.25, 0.3) is 0 Å². The highest BCUT2D eigenvalue weighted by atomic mass is 127. The van der Waals surface area contributed by atoms with Gasteiger partial charge in [-0.1, -0.05) is 0 Å². The van der Waals surface area contributed by atoms with Crippen LogP contribution in [0.25, 0.3) is 0 Å². The first-order chi connectivity index (χ1) is 15.3. The van der Waals surface area contributed by atoms with E-state index < -0.39 is 5.60 Å². The molecule has 8 nitrogen and oxygen atoms in total. The predicted molar refractivity (Wildman–Crippen MR) is 142 cm³/mol. The Balaban J connectivity index is 0.00000385. The third kappa shape index (κ3) is 9.13. The molecule has 2 amide bonds. The van der Waals surface area contributed by atoms with Crippen LogP contribution in [-0.4, -0.2) is 90.1 Å². The fourth-order valence-corrected chi connectivity index (χ4v) is 4.47. The Labute approximate surface area is 216 Å². The van der Waals surface area contributed by atoms with Gasteiger partial charge in [0.1, 0.15) is 5.60 Å². The quantitative estimate of drug-likeness (QED) is 0.284. The largest absolute Gasteiger partial charge is 0.444 e. The molecule has 3 fully saturated rings. The van der Waals surface area contributed by atoms with Crippen LogP contribution in [0.5, 0.6) is 0 Å². The maximum atomic E-state index is 12.9. The highest BCUT2D eigenvalue weighted by Gasteiger charge is 2.35. The SMILES string of the molecule is CCNC(=NCCC(=O)N1CCCC1)N1CCC(N(CC2CC2)C(=O)OC(C)(C)C)CC1.I. The molecule has 0 spiro atoms. The number of carbonyl (C=O) groups excluding carboxylic acids is 2. The highest BCUT2D eigenvalue weighted by molar-refractivity contribution is 14.0. The highest BCUT2D eigenvalue weighted by Crippen LogP contribution is 2.32. The van der Waals surface area contributed by atoms with Crippen molar-refractivity contribution in [2.75, 3.05) is 45.8 Å². The van der Waals surface area contributed by atoms with Crippen molar-refractivity contribution in [1.29, 1.82) is 0 Å². The number of carbonyl (C=O) groups is 2. The number of hydrogen-bond acceptors (Lipinski definition) is 4. The summed E-state index contributed by atoms with van der Waals surface area (Å²) in [5.74, 6) is 1.73. The van der Waals surface area contributed by atoms with Gasteiger partial charge < -0.3 is 24.8 Å². The first kappa shape index (κ1) is 28.0. The predicted octanol–water partition coefficient (Wildman–Crippen LogP) is 3.69. The topological polar surface area (TPSA) is 77.5 Å². The number of piperidine rings is 1. The van der Waals surface area contributed by atoms with Crippen molar-refractivity contribution in [3.8, 4) is 0 Å². The summed E-state index contributed by atoms with van der Waals surface area (Å²) in [5.41, 5.74) is -0.475. The molecule has 190 valence electrons. The molecule has 1 N–H and O–H groups in total. The zero-order valence-corrected chi connectivity index (χ0v) is 23.3. The van der Waals surface area contributed by atoms with Crippen molar-refractivity contribution in [3.63, 3.8) is 0 Å². The summed E-state index contributed by atoms with van der Waals surface area (Å²) < 4.78 is 5.71. The number of aliphatic imine (C=N–C) groups is 1. The van der Waals surface area contributed by atoms with Gasteiger partial charge in [-0.15, -0.1) is 24.0 Å². The lowest BCUT2D eigenvalue weighted by molar-refractivity contribution is -0.129. The molecule has 1 saturated carbocycles. The number of hydrogen-bond donors (Lipinski definition) is 1. The molecular weight excluding hydrogens is 533 g/mol. The maximum Gasteiger partial charge on any atom is 0.410 e. The van der Waals surface area contributed by atoms with Crippen molar-refractivity contribution in [2.24, 2.45) is 10.9 Å². The van der Waals surface area contributed by atoms with Crippen LogP contribution in [0.2, 0.25) is 0 Å². The van der Waals surface area contributed by atoms with E-state index in [1.165, 1.54) is 12.8 Å². The Morgan fingerprint density at radius 2 is 1.67 bits per heavy atom. The van der Waals surface area contributed by atoms with E-state index in [1.54, 1.807) is 0 Å². The first-order valence-electron chi connectivity index (χ1n) is 12.6. The minimum absolute atomic E-state index is 0. The van der Waals surface area contributed by atoms with Gasteiger partial charge in [0.05, 0.1) is 6.54 Å². The van der Waals surface area contributed by atoms with Gasteiger partial charge in [-0.05, 0) is 72.1 Å². The summed E-state index contributed by atoms with van der Waals surface area (Å²) in [4.78, 5) is 36.1. The Hall–Kier alpha value is -1.26. The van der Waals surface area contributed by atoms with E-state index in [4.69, 9.17) is 9.73 Å². The third-order valence-electron chi connectivity index (χ3n) is 6.37. The molecule has 0 aromatic carbocycles. The van der Waals surface area contributed by atoms with E-state index in [0.717, 1.165) is 70.9 Å². The van der Waals surface area contributed by atoms with Gasteiger partial charge in [0.2, 0.25) is 5.91 Å². The normalized spacial score (nSPS) is 19.8. The zero-order valence-electron chi connectivity index (χ0n) is 21.0. The van der Waals surface area contributed by atoms with Crippen molar-refractivity contribution in [2.45, 2.75) is 84.3 Å². The molecule has 3 rings (SSSR count). The van der Waals surface area contributed by atoms with E-state index in [-0.39, 0.29) is 42.0 Å². The lowest BCUT2D eigenvalue weighted by Gasteiger charge is -2.40. The Kier molecular flexibility index (Phi) is 11.0. The zero-order chi connectivity index (χ0) is 23.1. The second kappa shape index (κ2) is 13.0. The van der Waals surface area contributed by atoms with Crippen LogP contribution in [0.4, 0.5) is 4.79 Å². The molecule has 0 atom stereocenters. The number of nitrogens with zero attached hydrogens (tertiary/aromatic N) is 4. The smallest absolute Gasteiger partial charge is 0.410 e. The van der Waals surface area contributed by atoms with Crippen LogP contribution in [0.15, 0.2) is 4.99 Å². The number of amides is 2. The summed E-state index contributed by atoms with van der Waals surface area (Å²) in [5, 5.41) is 3.38. The van der Waals surface area contributed by atoms with E-state index in [2.05, 4.69) is 17.1 Å². The van der Waals surface area contributed by atoms with Crippen LogP contribution in [0, 0.1) is 5.92 Å². The van der Waals surface area contributed by atoms with E-state index in [9.17, 15) is 9.59 Å². The monoisotopic (exact) mass is 577 g/mol. The van der Waals surface area contributed by atoms with Crippen molar-refractivity contribution in [1.82, 2.24) is 20.0 Å². The van der Waals surface area contributed by atoms with Gasteiger partial charge >= 0.3 is 6.09 Å². The number of rotatable bonds is 7. The fraction of sp³-hybridized carbons (Fsp3) is 0.875. The standard InChI is InChI=1S/C24H43N5O3.HI/c1-5-25-22(26-13-10-21(30)27-14-6-7-15-27)28-16-11-20(12-17-28)29(18-19-8-9-19)23(31)32-24(2,3)4;/h19-20H,5-18H2,1-4H3,(H,25,26);1H. The lowest BCUT2D eigenvalue weighted by atomic mass is 10.0. The molecule has 0 radical (unpaired) electrons. The lowest BCUT2D eigenvalue weighted by Crippen LogP contribution is -2.52. The molecule has 3 aliphatic rings. The number of nitrogens with one attached hydrogen (secondary N) is 1. The molecule has 2 saturated heterocycles. The summed E-state index contributed by atoms with van der Waals surface area (Å²) >= 11 is 0. The second-order valence-corrected chi connectivity index (χ2v) is 10.4. The number of ether oxygens (including phenoxy) is 1. The van der Waals surface area contributed by atoms with Crippen molar-refractivity contribution in [3.05, 3.63) is 0 Å². The molecule has 1 aliphatic carbocycles. The van der Waals surface area contributed by atoms with Gasteiger partial charge in [-0.2, -0.15) is 0 Å². The number of guanidine groups is 1. The summed E-state index contributed by atoms with van der Waals surface area (Å²) in [6.45, 7) is 13.5. The number of halogens is 1. The van der Waals surface area contributed by atoms with Crippen LogP contribution in [-0.2, 0) is 9.53 Å². The Morgan fingerprint density at radius 3 is 2.21 bits per heavy atom. The molecular formula is C24H44IN5O3. The minimum Gasteiger partial charge on any atom is -0.444 e. The average molecular weight is 578 g/mol. The van der Waals surface area contributed by atoms with E-state index in [0.29, 0.717) is 18.9 Å². The van der Waals surface area contributed by atoms with Crippen LogP contribution in [0.3, 0.4) is 0 Å². The van der Waals surface area contributed by atoms with Crippen molar-refractivity contribution < 1.29 is 14.3 Å². The van der Waals surface area contributed by atoms with Gasteiger partial charge in [0, 0.05) is 51.7 Å². The van der Waals surface area contributed by atoms with Gasteiger partial charge in [-0.3, -0.25) is 9.79 Å². The van der Waals surface area contributed by atoms with Crippen LogP contribution >= 0.6 is 24.0 Å². The molecule has 2 heterocycles. The molecule has 0 aromatic heterocycles. The third-order valence-corrected chi connectivity index (χ3v) is 6.37. The molecule has 9 heteroatoms.